The van der Waals surface area contributed by atoms with E-state index in [0.29, 0.717) is 19.4 Å². The third-order valence-corrected chi connectivity index (χ3v) is 10.6. The predicted molar refractivity (Wildman–Crippen MR) is 154 cm³/mol. The highest BCUT2D eigenvalue weighted by Crippen LogP contribution is 2.79. The van der Waals surface area contributed by atoms with Gasteiger partial charge < -0.3 is 14.5 Å². The summed E-state index contributed by atoms with van der Waals surface area (Å²) in [6, 6.07) is 12.0. The van der Waals surface area contributed by atoms with Gasteiger partial charge in [0.2, 0.25) is 0 Å². The first-order valence-electron chi connectivity index (χ1n) is 14.3. The summed E-state index contributed by atoms with van der Waals surface area (Å²) in [7, 11) is 0. The molecule has 1 spiro atoms. The highest BCUT2D eigenvalue weighted by molar-refractivity contribution is 7.14. The van der Waals surface area contributed by atoms with Crippen molar-refractivity contribution >= 4 is 28.7 Å². The fraction of sp³-hybridized carbons (Fsp3) is 0.469. The molecule has 2 aromatic carbocycles. The van der Waals surface area contributed by atoms with Gasteiger partial charge in [-0.3, -0.25) is 9.59 Å². The first-order chi connectivity index (χ1) is 19.3. The molecule has 0 bridgehead atoms. The van der Waals surface area contributed by atoms with Crippen molar-refractivity contribution < 1.29 is 18.7 Å². The van der Waals surface area contributed by atoms with Crippen molar-refractivity contribution in [1.29, 1.82) is 0 Å². The predicted octanol–water partition coefficient (Wildman–Crippen LogP) is 6.00. The Balaban J connectivity index is 1.06. The van der Waals surface area contributed by atoms with Crippen LogP contribution in [0.5, 0.6) is 5.75 Å². The highest BCUT2D eigenvalue weighted by Gasteiger charge is 2.85. The number of benzene rings is 2. The van der Waals surface area contributed by atoms with Crippen LogP contribution in [-0.4, -0.2) is 53.9 Å². The SMILES string of the molecule is Cc1ccc(OCc2ccc(C(=O)N3CCCCC3)cc2C)c(-c2csc(N3CC4C(F)(C=O)C5CC45C3)n2)c1. The Hall–Kier alpha value is -3.26. The summed E-state index contributed by atoms with van der Waals surface area (Å²) in [6.45, 7) is 7.47. The number of amides is 1. The van der Waals surface area contributed by atoms with E-state index in [9.17, 15) is 9.59 Å². The third-order valence-electron chi connectivity index (χ3n) is 9.74. The van der Waals surface area contributed by atoms with Crippen LogP contribution < -0.4 is 9.64 Å². The molecule has 2 saturated heterocycles. The lowest BCUT2D eigenvalue weighted by Gasteiger charge is -2.40. The Morgan fingerprint density at radius 1 is 1.15 bits per heavy atom. The Morgan fingerprint density at radius 3 is 2.75 bits per heavy atom. The van der Waals surface area contributed by atoms with E-state index in [4.69, 9.17) is 9.72 Å². The molecule has 7 rings (SSSR count). The molecular weight excluding hydrogens is 525 g/mol. The molecule has 0 N–H and O–H groups in total. The van der Waals surface area contributed by atoms with Crippen LogP contribution in [0.1, 0.15) is 52.7 Å². The summed E-state index contributed by atoms with van der Waals surface area (Å²) >= 11 is 1.56. The van der Waals surface area contributed by atoms with Crippen LogP contribution in [-0.2, 0) is 11.4 Å². The maximum absolute atomic E-state index is 15.0. The van der Waals surface area contributed by atoms with E-state index < -0.39 is 5.67 Å². The molecule has 208 valence electrons. The van der Waals surface area contributed by atoms with Gasteiger partial charge in [-0.05, 0) is 74.9 Å². The third kappa shape index (κ3) is 3.98. The summed E-state index contributed by atoms with van der Waals surface area (Å²) in [4.78, 5) is 33.4. The van der Waals surface area contributed by atoms with Crippen molar-refractivity contribution in [3.8, 4) is 17.0 Å². The highest BCUT2D eigenvalue weighted by atomic mass is 32.1. The number of likely N-dealkylation sites (tertiary alicyclic amines) is 1. The zero-order chi connectivity index (χ0) is 27.6. The van der Waals surface area contributed by atoms with Crippen molar-refractivity contribution in [3.63, 3.8) is 0 Å². The van der Waals surface area contributed by atoms with Gasteiger partial charge in [0.15, 0.2) is 17.1 Å². The van der Waals surface area contributed by atoms with Crippen molar-refractivity contribution in [2.75, 3.05) is 31.1 Å². The van der Waals surface area contributed by atoms with E-state index in [1.807, 2.05) is 54.5 Å². The van der Waals surface area contributed by atoms with Crippen molar-refractivity contribution in [2.24, 2.45) is 17.3 Å². The molecule has 2 aliphatic carbocycles. The molecule has 6 nitrogen and oxygen atoms in total. The standard InChI is InChI=1S/C32H34FN3O3S/c1-20-6-9-26(39-16-23-8-7-22(13-21(23)2)29(38)35-10-4-3-5-11-35)24(12-20)25-17-40-30(34-25)36-15-28-31(18-36)14-27(31)32(28,33)19-37/h6-9,12-13,17,19,27-28H,3-5,10-11,14-16,18H2,1-2H3. The lowest BCUT2D eigenvalue weighted by atomic mass is 9.65. The first kappa shape index (κ1) is 25.7. The van der Waals surface area contributed by atoms with Crippen LogP contribution in [0, 0.1) is 31.1 Å². The van der Waals surface area contributed by atoms with Gasteiger partial charge in [-0.15, -0.1) is 11.3 Å². The summed E-state index contributed by atoms with van der Waals surface area (Å²) in [5, 5.41) is 2.91. The summed E-state index contributed by atoms with van der Waals surface area (Å²) in [6.07, 6.45) is 4.71. The van der Waals surface area contributed by atoms with Crippen molar-refractivity contribution in [3.05, 3.63) is 64.0 Å². The second kappa shape index (κ2) is 9.40. The number of alkyl halides is 1. The normalized spacial score (nSPS) is 28.5. The minimum Gasteiger partial charge on any atom is -0.488 e. The molecule has 8 heteroatoms. The topological polar surface area (TPSA) is 62.7 Å². The molecule has 3 aromatic rings. The van der Waals surface area contributed by atoms with E-state index in [1.54, 1.807) is 11.3 Å². The number of aromatic nitrogens is 1. The second-order valence-corrected chi connectivity index (χ2v) is 13.0. The van der Waals surface area contributed by atoms with Gasteiger partial charge in [0.1, 0.15) is 12.4 Å². The van der Waals surface area contributed by atoms with Gasteiger partial charge in [-0.2, -0.15) is 0 Å². The van der Waals surface area contributed by atoms with Crippen LogP contribution in [0.25, 0.3) is 11.3 Å². The lowest BCUT2D eigenvalue weighted by Crippen LogP contribution is -2.53. The number of rotatable bonds is 7. The summed E-state index contributed by atoms with van der Waals surface area (Å²) in [5.41, 5.74) is 4.01. The summed E-state index contributed by atoms with van der Waals surface area (Å²) < 4.78 is 21.4. The Bertz CT molecular complexity index is 1500. The summed E-state index contributed by atoms with van der Waals surface area (Å²) in [5.74, 6) is 0.546. The number of piperidine rings is 1. The fourth-order valence-electron chi connectivity index (χ4n) is 7.38. The van der Waals surface area contributed by atoms with E-state index in [2.05, 4.69) is 11.0 Å². The average Bonchev–Trinajstić information content (AvgIpc) is 3.24. The van der Waals surface area contributed by atoms with E-state index in [-0.39, 0.29) is 23.2 Å². The van der Waals surface area contributed by atoms with Crippen molar-refractivity contribution in [2.45, 2.75) is 51.8 Å². The fourth-order valence-corrected chi connectivity index (χ4v) is 8.21. The van der Waals surface area contributed by atoms with Gasteiger partial charge in [-0.1, -0.05) is 17.7 Å². The second-order valence-electron chi connectivity index (χ2n) is 12.2. The molecule has 1 amide bonds. The number of carbonyl (C=O) groups excluding carboxylic acids is 2. The number of nitrogens with zero attached hydrogens (tertiary/aromatic N) is 3. The molecule has 4 unspecified atom stereocenters. The number of hydrogen-bond acceptors (Lipinski definition) is 6. The molecule has 40 heavy (non-hydrogen) atoms. The number of aldehydes is 1. The number of anilines is 1. The Morgan fingerprint density at radius 2 is 1.98 bits per heavy atom. The van der Waals surface area contributed by atoms with Gasteiger partial charge in [0.05, 0.1) is 5.69 Å². The maximum atomic E-state index is 15.0. The molecule has 2 saturated carbocycles. The average molecular weight is 560 g/mol. The van der Waals surface area contributed by atoms with E-state index in [1.165, 1.54) is 6.42 Å². The Kier molecular flexibility index (Phi) is 6.04. The number of carbonyl (C=O) groups is 2. The molecule has 3 heterocycles. The van der Waals surface area contributed by atoms with Crippen LogP contribution in [0.4, 0.5) is 9.52 Å². The maximum Gasteiger partial charge on any atom is 0.253 e. The van der Waals surface area contributed by atoms with Gasteiger partial charge in [0, 0.05) is 59.9 Å². The molecule has 4 aliphatic rings. The number of hydrogen-bond donors (Lipinski definition) is 0. The van der Waals surface area contributed by atoms with Crippen molar-refractivity contribution in [1.82, 2.24) is 9.88 Å². The molecule has 2 aliphatic heterocycles. The molecule has 1 aromatic heterocycles. The van der Waals surface area contributed by atoms with E-state index in [0.717, 1.165) is 83.3 Å². The molecule has 0 radical (unpaired) electrons. The molecular formula is C32H34FN3O3S. The van der Waals surface area contributed by atoms with Crippen LogP contribution in [0.15, 0.2) is 41.8 Å². The van der Waals surface area contributed by atoms with Crippen LogP contribution >= 0.6 is 11.3 Å². The molecule has 4 fully saturated rings. The minimum atomic E-state index is -1.65. The van der Waals surface area contributed by atoms with Gasteiger partial charge in [0.25, 0.3) is 5.91 Å². The van der Waals surface area contributed by atoms with Gasteiger partial charge >= 0.3 is 0 Å². The van der Waals surface area contributed by atoms with Crippen LogP contribution in [0.3, 0.4) is 0 Å². The zero-order valence-electron chi connectivity index (χ0n) is 23.0. The number of ether oxygens (including phenoxy) is 1. The van der Waals surface area contributed by atoms with Crippen LogP contribution in [0.2, 0.25) is 0 Å². The first-order valence-corrected chi connectivity index (χ1v) is 15.2. The quantitative estimate of drug-likeness (QED) is 0.333. The number of halogens is 1. The van der Waals surface area contributed by atoms with E-state index >= 15 is 4.39 Å². The Labute approximate surface area is 238 Å². The smallest absolute Gasteiger partial charge is 0.253 e. The zero-order valence-corrected chi connectivity index (χ0v) is 23.8. The minimum absolute atomic E-state index is 0.0229. The lowest BCUT2D eigenvalue weighted by molar-refractivity contribution is -0.134. The monoisotopic (exact) mass is 559 g/mol. The van der Waals surface area contributed by atoms with Gasteiger partial charge in [-0.25, -0.2) is 9.37 Å². The number of thiazole rings is 1. The number of aryl methyl sites for hydroxylation is 2. The molecule has 4 atom stereocenters. The largest absolute Gasteiger partial charge is 0.488 e.